The lowest BCUT2D eigenvalue weighted by molar-refractivity contribution is -0.139. The predicted octanol–water partition coefficient (Wildman–Crippen LogP) is -0.927. The van der Waals surface area contributed by atoms with Crippen LogP contribution in [0.15, 0.2) is 0 Å². The van der Waals surface area contributed by atoms with Crippen molar-refractivity contribution in [1.82, 2.24) is 15.5 Å². The Morgan fingerprint density at radius 2 is 2.06 bits per heavy atom. The number of carbonyl (C=O) groups is 2. The third kappa shape index (κ3) is 7.53. The summed E-state index contributed by atoms with van der Waals surface area (Å²) in [5.74, 6) is -1.15. The highest BCUT2D eigenvalue weighted by molar-refractivity contribution is 5.82. The van der Waals surface area contributed by atoms with Gasteiger partial charge in [-0.1, -0.05) is 6.92 Å². The van der Waals surface area contributed by atoms with Crippen molar-refractivity contribution in [3.63, 3.8) is 0 Å². The third-order valence-corrected chi connectivity index (χ3v) is 2.34. The van der Waals surface area contributed by atoms with Crippen LogP contribution in [0.25, 0.3) is 0 Å². The van der Waals surface area contributed by atoms with E-state index in [1.54, 1.807) is 0 Å². The van der Waals surface area contributed by atoms with E-state index in [0.29, 0.717) is 13.1 Å². The zero-order chi connectivity index (χ0) is 13.3. The summed E-state index contributed by atoms with van der Waals surface area (Å²) in [6.45, 7) is 3.74. The van der Waals surface area contributed by atoms with Gasteiger partial charge in [0.05, 0.1) is 0 Å². The minimum absolute atomic E-state index is 0.00236. The molecule has 0 rings (SSSR count). The second kappa shape index (κ2) is 8.77. The molecule has 7 heteroatoms. The summed E-state index contributed by atoms with van der Waals surface area (Å²) in [6.07, 6.45) is -0.00236. The molecule has 17 heavy (non-hydrogen) atoms. The first-order valence-corrected chi connectivity index (χ1v) is 5.57. The van der Waals surface area contributed by atoms with Gasteiger partial charge in [0.25, 0.3) is 0 Å². The summed E-state index contributed by atoms with van der Waals surface area (Å²) in [6, 6.07) is -1.58. The molecule has 7 nitrogen and oxygen atoms in total. The Kier molecular flexibility index (Phi) is 8.08. The minimum atomic E-state index is -1.15. The maximum absolute atomic E-state index is 11.3. The average Bonchev–Trinajstić information content (AvgIpc) is 2.28. The molecule has 0 aliphatic rings. The van der Waals surface area contributed by atoms with Crippen LogP contribution < -0.4 is 10.6 Å². The van der Waals surface area contributed by atoms with Crippen molar-refractivity contribution in [3.05, 3.63) is 0 Å². The maximum atomic E-state index is 11.3. The Morgan fingerprint density at radius 1 is 1.41 bits per heavy atom. The summed E-state index contributed by atoms with van der Waals surface area (Å²) >= 11 is 0. The van der Waals surface area contributed by atoms with Crippen LogP contribution in [-0.4, -0.2) is 66.4 Å². The number of nitrogens with one attached hydrogen (secondary N) is 2. The Labute approximate surface area is 101 Å². The number of aliphatic carboxylic acids is 1. The number of urea groups is 1. The smallest absolute Gasteiger partial charge is 0.326 e. The highest BCUT2D eigenvalue weighted by Gasteiger charge is 2.18. The van der Waals surface area contributed by atoms with Gasteiger partial charge in [0.1, 0.15) is 6.04 Å². The number of aliphatic hydroxyl groups excluding tert-OH is 1. The average molecular weight is 247 g/mol. The fourth-order valence-corrected chi connectivity index (χ4v) is 1.11. The molecule has 0 radical (unpaired) electrons. The van der Waals surface area contributed by atoms with Crippen molar-refractivity contribution >= 4 is 12.0 Å². The van der Waals surface area contributed by atoms with E-state index < -0.39 is 18.0 Å². The first-order chi connectivity index (χ1) is 8.01. The van der Waals surface area contributed by atoms with Gasteiger partial charge in [-0.2, -0.15) is 0 Å². The maximum Gasteiger partial charge on any atom is 0.326 e. The standard InChI is InChI=1S/C10H21N3O4/c1-3-13(2)6-5-11-10(17)12-8(4-7-14)9(15)16/h8,14H,3-7H2,1-2H3,(H,15,16)(H2,11,12,17). The number of carboxylic acid groups (broad SMARTS) is 1. The van der Waals surface area contributed by atoms with Crippen LogP contribution in [-0.2, 0) is 4.79 Å². The van der Waals surface area contributed by atoms with E-state index in [9.17, 15) is 9.59 Å². The molecule has 0 aromatic rings. The second-order valence-electron chi connectivity index (χ2n) is 3.70. The topological polar surface area (TPSA) is 102 Å². The highest BCUT2D eigenvalue weighted by atomic mass is 16.4. The molecular formula is C10H21N3O4. The van der Waals surface area contributed by atoms with E-state index in [4.69, 9.17) is 10.2 Å². The van der Waals surface area contributed by atoms with Crippen LogP contribution in [0.4, 0.5) is 4.79 Å². The van der Waals surface area contributed by atoms with Gasteiger partial charge in [-0.25, -0.2) is 9.59 Å². The SMILES string of the molecule is CCN(C)CCNC(=O)NC(CCO)C(=O)O. The zero-order valence-electron chi connectivity index (χ0n) is 10.3. The van der Waals surface area contributed by atoms with Gasteiger partial charge in [0.15, 0.2) is 0 Å². The lowest BCUT2D eigenvalue weighted by atomic mass is 10.2. The van der Waals surface area contributed by atoms with Gasteiger partial charge < -0.3 is 25.7 Å². The molecule has 2 amide bonds. The molecule has 0 fully saturated rings. The van der Waals surface area contributed by atoms with Crippen LogP contribution in [0.3, 0.4) is 0 Å². The van der Waals surface area contributed by atoms with Crippen LogP contribution in [0.2, 0.25) is 0 Å². The van der Waals surface area contributed by atoms with Crippen LogP contribution in [0, 0.1) is 0 Å². The van der Waals surface area contributed by atoms with Gasteiger partial charge in [0.2, 0.25) is 0 Å². The van der Waals surface area contributed by atoms with Crippen molar-refractivity contribution in [3.8, 4) is 0 Å². The number of nitrogens with zero attached hydrogens (tertiary/aromatic N) is 1. The third-order valence-electron chi connectivity index (χ3n) is 2.34. The summed E-state index contributed by atoms with van der Waals surface area (Å²) < 4.78 is 0. The summed E-state index contributed by atoms with van der Waals surface area (Å²) in [7, 11) is 1.92. The van der Waals surface area contributed by atoms with E-state index in [1.165, 1.54) is 0 Å². The van der Waals surface area contributed by atoms with Gasteiger partial charge in [-0.05, 0) is 13.6 Å². The zero-order valence-corrected chi connectivity index (χ0v) is 10.3. The number of rotatable bonds is 8. The fraction of sp³-hybridized carbons (Fsp3) is 0.800. The summed E-state index contributed by atoms with van der Waals surface area (Å²) in [5, 5.41) is 22.2. The van der Waals surface area contributed by atoms with Gasteiger partial charge in [-0.3, -0.25) is 0 Å². The Bertz CT molecular complexity index is 248. The molecule has 0 saturated heterocycles. The van der Waals surface area contributed by atoms with E-state index in [1.807, 2.05) is 18.9 Å². The summed E-state index contributed by atoms with van der Waals surface area (Å²) in [5.41, 5.74) is 0. The highest BCUT2D eigenvalue weighted by Crippen LogP contribution is 1.90. The number of hydrogen-bond donors (Lipinski definition) is 4. The molecule has 0 bridgehead atoms. The molecule has 100 valence electrons. The number of hydrogen-bond acceptors (Lipinski definition) is 4. The Balaban J connectivity index is 3.86. The second-order valence-corrected chi connectivity index (χ2v) is 3.70. The van der Waals surface area contributed by atoms with E-state index in [0.717, 1.165) is 6.54 Å². The first-order valence-electron chi connectivity index (χ1n) is 5.57. The molecule has 1 atom stereocenters. The number of likely N-dealkylation sites (N-methyl/N-ethyl adjacent to an activating group) is 1. The van der Waals surface area contributed by atoms with Crippen molar-refractivity contribution in [2.45, 2.75) is 19.4 Å². The number of carboxylic acids is 1. The van der Waals surface area contributed by atoms with E-state index >= 15 is 0 Å². The van der Waals surface area contributed by atoms with Crippen molar-refractivity contribution in [2.24, 2.45) is 0 Å². The van der Waals surface area contributed by atoms with E-state index in [-0.39, 0.29) is 13.0 Å². The molecule has 0 heterocycles. The predicted molar refractivity (Wildman–Crippen MR) is 62.8 cm³/mol. The van der Waals surface area contributed by atoms with Crippen LogP contribution in [0.5, 0.6) is 0 Å². The van der Waals surface area contributed by atoms with Crippen molar-refractivity contribution in [2.75, 3.05) is 33.3 Å². The van der Waals surface area contributed by atoms with Crippen molar-refractivity contribution < 1.29 is 19.8 Å². The molecule has 4 N–H and O–H groups in total. The van der Waals surface area contributed by atoms with Gasteiger partial charge >= 0.3 is 12.0 Å². The normalized spacial score (nSPS) is 12.2. The fourth-order valence-electron chi connectivity index (χ4n) is 1.11. The first kappa shape index (κ1) is 15.7. The molecular weight excluding hydrogens is 226 g/mol. The Hall–Kier alpha value is -1.34. The van der Waals surface area contributed by atoms with Gasteiger partial charge in [-0.15, -0.1) is 0 Å². The Morgan fingerprint density at radius 3 is 2.53 bits per heavy atom. The number of amides is 2. The van der Waals surface area contributed by atoms with Crippen molar-refractivity contribution in [1.29, 1.82) is 0 Å². The monoisotopic (exact) mass is 247 g/mol. The molecule has 0 saturated carbocycles. The molecule has 0 aromatic carbocycles. The van der Waals surface area contributed by atoms with Crippen LogP contribution >= 0.6 is 0 Å². The lowest BCUT2D eigenvalue weighted by Crippen LogP contribution is -2.47. The minimum Gasteiger partial charge on any atom is -0.480 e. The number of aliphatic hydroxyl groups is 1. The molecule has 0 aliphatic carbocycles. The molecule has 0 aliphatic heterocycles. The quantitative estimate of drug-likeness (QED) is 0.444. The number of carbonyl (C=O) groups excluding carboxylic acids is 1. The molecule has 1 unspecified atom stereocenters. The van der Waals surface area contributed by atoms with Gasteiger partial charge in [0, 0.05) is 26.1 Å². The lowest BCUT2D eigenvalue weighted by Gasteiger charge is -2.16. The summed E-state index contributed by atoms with van der Waals surface area (Å²) in [4.78, 5) is 24.0. The molecule has 0 spiro atoms. The largest absolute Gasteiger partial charge is 0.480 e. The van der Waals surface area contributed by atoms with Crippen LogP contribution in [0.1, 0.15) is 13.3 Å². The van der Waals surface area contributed by atoms with E-state index in [2.05, 4.69) is 10.6 Å². The molecule has 0 aromatic heterocycles.